The quantitative estimate of drug-likeness (QED) is 0.350. The largest absolute Gasteiger partial charge is 0.463 e. The number of nitrogens with one attached hydrogen (secondary N) is 3. The first-order chi connectivity index (χ1) is 15.6. The lowest BCUT2D eigenvalue weighted by Gasteiger charge is -2.45. The lowest BCUT2D eigenvalue weighted by atomic mass is 9.94. The van der Waals surface area contributed by atoms with Crippen molar-refractivity contribution in [1.29, 1.82) is 0 Å². The van der Waals surface area contributed by atoms with Gasteiger partial charge >= 0.3 is 23.9 Å². The Hall–Kier alpha value is -2.89. The zero-order valence-electron chi connectivity index (χ0n) is 19.4. The Morgan fingerprint density at radius 3 is 1.94 bits per heavy atom. The minimum absolute atomic E-state index is 0.0106. The zero-order chi connectivity index (χ0) is 24.5. The predicted molar refractivity (Wildman–Crippen MR) is 113 cm³/mol. The molecule has 1 aliphatic heterocycles. The number of rotatable bonds is 7. The first-order valence-corrected chi connectivity index (χ1v) is 11.0. The number of carbonyl (C=O) groups excluding carboxylic acids is 5. The Kier molecular flexibility index (Phi) is 9.89. The third-order valence-electron chi connectivity index (χ3n) is 5.33. The summed E-state index contributed by atoms with van der Waals surface area (Å²) in [5.41, 5.74) is 0. The van der Waals surface area contributed by atoms with E-state index in [9.17, 15) is 24.0 Å². The van der Waals surface area contributed by atoms with Crippen molar-refractivity contribution in [2.24, 2.45) is 0 Å². The average molecular weight is 472 g/mol. The molecule has 0 aromatic carbocycles. The van der Waals surface area contributed by atoms with Gasteiger partial charge in [-0.3, -0.25) is 19.2 Å². The molecule has 0 bridgehead atoms. The zero-order valence-corrected chi connectivity index (χ0v) is 19.4. The number of amides is 3. The molecule has 3 amide bonds. The molecule has 0 radical (unpaired) electrons. The Morgan fingerprint density at radius 2 is 1.39 bits per heavy atom. The van der Waals surface area contributed by atoms with Gasteiger partial charge in [0.1, 0.15) is 18.8 Å². The fourth-order valence-electron chi connectivity index (χ4n) is 4.06. The van der Waals surface area contributed by atoms with Gasteiger partial charge in [0, 0.05) is 33.7 Å². The van der Waals surface area contributed by atoms with Gasteiger partial charge in [0.2, 0.25) is 5.91 Å². The van der Waals surface area contributed by atoms with E-state index in [0.717, 1.165) is 46.0 Å². The monoisotopic (exact) mass is 471 g/mol. The van der Waals surface area contributed by atoms with Crippen molar-refractivity contribution < 1.29 is 42.9 Å². The minimum atomic E-state index is -1.22. The van der Waals surface area contributed by atoms with Gasteiger partial charge in [0.05, 0.1) is 0 Å². The van der Waals surface area contributed by atoms with Crippen LogP contribution in [-0.4, -0.2) is 73.1 Å². The second-order valence-corrected chi connectivity index (χ2v) is 8.22. The van der Waals surface area contributed by atoms with Crippen molar-refractivity contribution >= 4 is 29.8 Å². The molecule has 1 saturated carbocycles. The molecule has 1 aliphatic carbocycles. The van der Waals surface area contributed by atoms with E-state index in [2.05, 4.69) is 16.0 Å². The van der Waals surface area contributed by atoms with Gasteiger partial charge in [-0.2, -0.15) is 0 Å². The maximum Gasteiger partial charge on any atom is 0.317 e. The molecule has 0 aromatic heterocycles. The van der Waals surface area contributed by atoms with E-state index in [1.54, 1.807) is 0 Å². The van der Waals surface area contributed by atoms with Gasteiger partial charge in [0.15, 0.2) is 18.4 Å². The van der Waals surface area contributed by atoms with E-state index < -0.39 is 60.4 Å². The molecular formula is C21H33N3O9. The average Bonchev–Trinajstić information content (AvgIpc) is 2.70. The first kappa shape index (κ1) is 26.4. The van der Waals surface area contributed by atoms with Crippen LogP contribution in [0.15, 0.2) is 0 Å². The number of ether oxygens (including phenoxy) is 4. The highest BCUT2D eigenvalue weighted by molar-refractivity contribution is 5.76. The van der Waals surface area contributed by atoms with Crippen LogP contribution in [-0.2, 0) is 38.1 Å². The molecule has 2 fully saturated rings. The summed E-state index contributed by atoms with van der Waals surface area (Å²) in [5.74, 6) is -2.49. The predicted octanol–water partition coefficient (Wildman–Crippen LogP) is 0.274. The SMILES string of the molecule is CC(=O)N[C@H]1[C@@H](OC(C)=O)[C@H](OC(C)=O)[C@@H](COC(C)=O)O[C@@H]1NC(=O)NC1CCCCC1. The Morgan fingerprint density at radius 1 is 0.788 bits per heavy atom. The lowest BCUT2D eigenvalue weighted by molar-refractivity contribution is -0.226. The molecular weight excluding hydrogens is 438 g/mol. The normalized spacial score (nSPS) is 27.6. The summed E-state index contributed by atoms with van der Waals surface area (Å²) in [6.45, 7) is 4.42. The summed E-state index contributed by atoms with van der Waals surface area (Å²) in [4.78, 5) is 59.5. The van der Waals surface area contributed by atoms with E-state index in [1.165, 1.54) is 13.8 Å². The van der Waals surface area contributed by atoms with Crippen molar-refractivity contribution in [2.75, 3.05) is 6.61 Å². The van der Waals surface area contributed by atoms with Crippen LogP contribution in [0.4, 0.5) is 4.79 Å². The third-order valence-corrected chi connectivity index (χ3v) is 5.33. The summed E-state index contributed by atoms with van der Waals surface area (Å²) in [7, 11) is 0. The van der Waals surface area contributed by atoms with Gasteiger partial charge in [0.25, 0.3) is 0 Å². The highest BCUT2D eigenvalue weighted by Gasteiger charge is 2.51. The first-order valence-electron chi connectivity index (χ1n) is 11.0. The molecule has 12 nitrogen and oxygen atoms in total. The minimum Gasteiger partial charge on any atom is -0.463 e. The molecule has 12 heteroatoms. The van der Waals surface area contributed by atoms with Gasteiger partial charge in [-0.25, -0.2) is 4.79 Å². The molecule has 2 rings (SSSR count). The van der Waals surface area contributed by atoms with Gasteiger partial charge in [-0.15, -0.1) is 0 Å². The van der Waals surface area contributed by atoms with Crippen LogP contribution in [0.1, 0.15) is 59.8 Å². The van der Waals surface area contributed by atoms with Crippen LogP contribution < -0.4 is 16.0 Å². The fourth-order valence-corrected chi connectivity index (χ4v) is 4.06. The highest BCUT2D eigenvalue weighted by atomic mass is 16.6. The summed E-state index contributed by atoms with van der Waals surface area (Å²) < 4.78 is 21.6. The fraction of sp³-hybridized carbons (Fsp3) is 0.762. The third kappa shape index (κ3) is 8.52. The standard InChI is InChI=1S/C21H33N3O9/c1-11(25)22-17-19(32-14(4)28)18(31-13(3)27)16(10-30-12(2)26)33-20(17)24-21(29)23-15-8-6-5-7-9-15/h15-20H,5-10H2,1-4H3,(H,22,25)(H2,23,24,29)/t16-,17+,18-,19-,20+/m1/s1. The van der Waals surface area contributed by atoms with E-state index in [1.807, 2.05) is 0 Å². The van der Waals surface area contributed by atoms with Crippen molar-refractivity contribution in [3.63, 3.8) is 0 Å². The second kappa shape index (κ2) is 12.4. The van der Waals surface area contributed by atoms with Gasteiger partial charge in [-0.05, 0) is 12.8 Å². The number of hydrogen-bond donors (Lipinski definition) is 3. The topological polar surface area (TPSA) is 158 Å². The highest BCUT2D eigenvalue weighted by Crippen LogP contribution is 2.26. The van der Waals surface area contributed by atoms with Crippen LogP contribution >= 0.6 is 0 Å². The van der Waals surface area contributed by atoms with E-state index in [-0.39, 0.29) is 12.6 Å². The molecule has 5 atom stereocenters. The second-order valence-electron chi connectivity index (χ2n) is 8.22. The Bertz CT molecular complexity index is 738. The number of hydrogen-bond acceptors (Lipinski definition) is 9. The van der Waals surface area contributed by atoms with Crippen molar-refractivity contribution in [2.45, 2.75) is 96.4 Å². The molecule has 1 heterocycles. The molecule has 2 aliphatic rings. The lowest BCUT2D eigenvalue weighted by Crippen LogP contribution is -2.70. The van der Waals surface area contributed by atoms with Gasteiger partial charge in [-0.1, -0.05) is 19.3 Å². The Labute approximate surface area is 192 Å². The van der Waals surface area contributed by atoms with E-state index in [0.29, 0.717) is 0 Å². The molecule has 33 heavy (non-hydrogen) atoms. The summed E-state index contributed by atoms with van der Waals surface area (Å²) in [6, 6.07) is -1.60. The van der Waals surface area contributed by atoms with Crippen LogP contribution in [0.3, 0.4) is 0 Å². The van der Waals surface area contributed by atoms with Crippen molar-refractivity contribution in [3.8, 4) is 0 Å². The summed E-state index contributed by atoms with van der Waals surface area (Å²) >= 11 is 0. The van der Waals surface area contributed by atoms with Crippen LogP contribution in [0.25, 0.3) is 0 Å². The van der Waals surface area contributed by atoms with Gasteiger partial charge < -0.3 is 34.9 Å². The maximum atomic E-state index is 12.7. The summed E-state index contributed by atoms with van der Waals surface area (Å²) in [5, 5.41) is 8.14. The Balaban J connectivity index is 2.29. The smallest absolute Gasteiger partial charge is 0.317 e. The van der Waals surface area contributed by atoms with Crippen molar-refractivity contribution in [1.82, 2.24) is 16.0 Å². The molecule has 1 saturated heterocycles. The maximum absolute atomic E-state index is 12.7. The number of carbonyl (C=O) groups is 5. The molecule has 3 N–H and O–H groups in total. The molecule has 0 unspecified atom stereocenters. The number of urea groups is 1. The molecule has 0 aromatic rings. The van der Waals surface area contributed by atoms with E-state index in [4.69, 9.17) is 18.9 Å². The van der Waals surface area contributed by atoms with E-state index >= 15 is 0 Å². The van der Waals surface area contributed by atoms with Crippen LogP contribution in [0, 0.1) is 0 Å². The number of esters is 3. The van der Waals surface area contributed by atoms with Crippen LogP contribution in [0.2, 0.25) is 0 Å². The molecule has 186 valence electrons. The van der Waals surface area contributed by atoms with Crippen molar-refractivity contribution in [3.05, 3.63) is 0 Å². The molecule has 0 spiro atoms. The summed E-state index contributed by atoms with van der Waals surface area (Å²) in [6.07, 6.45) is 0.190. The van der Waals surface area contributed by atoms with Crippen LogP contribution in [0.5, 0.6) is 0 Å².